The second-order valence-electron chi connectivity index (χ2n) is 7.41. The molecular formula is C20H29N3O2. The molecule has 136 valence electrons. The molecule has 1 saturated carbocycles. The van der Waals surface area contributed by atoms with Crippen LogP contribution in [0.5, 0.6) is 0 Å². The lowest BCUT2D eigenvalue weighted by Crippen LogP contribution is -2.10. The first-order valence-corrected chi connectivity index (χ1v) is 9.65. The van der Waals surface area contributed by atoms with Gasteiger partial charge >= 0.3 is 5.97 Å². The average Bonchev–Trinajstić information content (AvgIpc) is 2.84. The molecule has 1 fully saturated rings. The van der Waals surface area contributed by atoms with Crippen molar-refractivity contribution in [2.24, 2.45) is 5.92 Å². The van der Waals surface area contributed by atoms with E-state index in [1.807, 2.05) is 0 Å². The third-order valence-corrected chi connectivity index (χ3v) is 5.06. The zero-order chi connectivity index (χ0) is 17.8. The van der Waals surface area contributed by atoms with Gasteiger partial charge in [0.1, 0.15) is 0 Å². The Labute approximate surface area is 149 Å². The molecule has 0 bridgehead atoms. The summed E-state index contributed by atoms with van der Waals surface area (Å²) in [6.45, 7) is 6.45. The second-order valence-corrected chi connectivity index (χ2v) is 7.41. The Morgan fingerprint density at radius 3 is 2.60 bits per heavy atom. The normalized spacial score (nSPS) is 16.3. The lowest BCUT2D eigenvalue weighted by molar-refractivity contribution is 0.0519. The maximum atomic E-state index is 12.0. The molecule has 5 heteroatoms. The molecule has 1 aliphatic rings. The third-order valence-electron chi connectivity index (χ3n) is 5.06. The molecule has 1 aliphatic carbocycles. The molecule has 0 spiro atoms. The zero-order valence-corrected chi connectivity index (χ0v) is 15.6. The minimum Gasteiger partial charge on any atom is -0.461 e. The van der Waals surface area contributed by atoms with Crippen LogP contribution in [0.3, 0.4) is 0 Å². The molecule has 3 rings (SSSR count). The van der Waals surface area contributed by atoms with Crippen LogP contribution in [0.1, 0.15) is 87.1 Å². The summed E-state index contributed by atoms with van der Waals surface area (Å²) in [5.74, 6) is 0.659. The van der Waals surface area contributed by atoms with E-state index in [1.54, 1.807) is 17.5 Å². The van der Waals surface area contributed by atoms with Gasteiger partial charge in [-0.1, -0.05) is 52.4 Å². The summed E-state index contributed by atoms with van der Waals surface area (Å²) in [5, 5.41) is 4.44. The predicted molar refractivity (Wildman–Crippen MR) is 97.9 cm³/mol. The number of hydrogen-bond acceptors (Lipinski definition) is 4. The number of esters is 1. The van der Waals surface area contributed by atoms with Gasteiger partial charge in [0.05, 0.1) is 6.61 Å². The number of carbonyl (C=O) groups excluding carboxylic acids is 1. The second kappa shape index (κ2) is 7.98. The first-order chi connectivity index (χ1) is 12.1. The van der Waals surface area contributed by atoms with E-state index in [9.17, 15) is 4.79 Å². The van der Waals surface area contributed by atoms with Crippen molar-refractivity contribution in [3.63, 3.8) is 0 Å². The molecule has 2 aromatic heterocycles. The van der Waals surface area contributed by atoms with Gasteiger partial charge in [0.2, 0.25) is 0 Å². The first kappa shape index (κ1) is 17.9. The predicted octanol–water partition coefficient (Wildman–Crippen LogP) is 4.54. The molecule has 0 radical (unpaired) electrons. The topological polar surface area (TPSA) is 56.5 Å². The number of fused-ring (bicyclic) bond motifs is 1. The Bertz CT molecular complexity index is 728. The number of carbonyl (C=O) groups is 1. The lowest BCUT2D eigenvalue weighted by Gasteiger charge is -2.15. The SMILES string of the molecule is CCOC(=O)c1cc2nc(CC3CCCCCC3)cc(C(C)C)n2n1. The van der Waals surface area contributed by atoms with Crippen molar-refractivity contribution in [3.8, 4) is 0 Å². The Morgan fingerprint density at radius 2 is 1.96 bits per heavy atom. The van der Waals surface area contributed by atoms with E-state index in [0.717, 1.165) is 29.4 Å². The highest BCUT2D eigenvalue weighted by molar-refractivity contribution is 5.88. The molecule has 0 saturated heterocycles. The van der Waals surface area contributed by atoms with E-state index in [-0.39, 0.29) is 5.97 Å². The molecule has 0 unspecified atom stereocenters. The standard InChI is InChI=1S/C20H29N3O2/c1-4-25-20(24)17-13-19-21-16(11-15-9-7-5-6-8-10-15)12-18(14(2)3)23(19)22-17/h12-15H,4-11H2,1-3H3. The van der Waals surface area contributed by atoms with Crippen molar-refractivity contribution < 1.29 is 9.53 Å². The summed E-state index contributed by atoms with van der Waals surface area (Å²) in [4.78, 5) is 16.8. The fourth-order valence-electron chi connectivity index (χ4n) is 3.74. The minimum atomic E-state index is -0.381. The van der Waals surface area contributed by atoms with Gasteiger partial charge in [-0.3, -0.25) is 0 Å². The van der Waals surface area contributed by atoms with Gasteiger partial charge in [-0.15, -0.1) is 0 Å². The summed E-state index contributed by atoms with van der Waals surface area (Å²) < 4.78 is 6.88. The molecule has 2 heterocycles. The average molecular weight is 343 g/mol. The number of hydrogen-bond donors (Lipinski definition) is 0. The summed E-state index contributed by atoms with van der Waals surface area (Å²) in [6.07, 6.45) is 9.04. The third kappa shape index (κ3) is 4.20. The van der Waals surface area contributed by atoms with Gasteiger partial charge in [0.15, 0.2) is 11.3 Å². The summed E-state index contributed by atoms with van der Waals surface area (Å²) in [5.41, 5.74) is 3.31. The monoisotopic (exact) mass is 343 g/mol. The number of nitrogens with zero attached hydrogens (tertiary/aromatic N) is 3. The van der Waals surface area contributed by atoms with Crippen LogP contribution in [-0.2, 0) is 11.2 Å². The lowest BCUT2D eigenvalue weighted by atomic mass is 9.94. The summed E-state index contributed by atoms with van der Waals surface area (Å²) in [6, 6.07) is 3.92. The van der Waals surface area contributed by atoms with Crippen molar-refractivity contribution in [3.05, 3.63) is 29.2 Å². The smallest absolute Gasteiger partial charge is 0.358 e. The van der Waals surface area contributed by atoms with Crippen LogP contribution in [0.4, 0.5) is 0 Å². The van der Waals surface area contributed by atoms with Crippen LogP contribution in [-0.4, -0.2) is 27.2 Å². The van der Waals surface area contributed by atoms with Crippen LogP contribution in [0.25, 0.3) is 5.65 Å². The highest BCUT2D eigenvalue weighted by atomic mass is 16.5. The van der Waals surface area contributed by atoms with Gasteiger partial charge in [-0.2, -0.15) is 5.10 Å². The quantitative estimate of drug-likeness (QED) is 0.590. The Morgan fingerprint density at radius 1 is 1.24 bits per heavy atom. The fraction of sp³-hybridized carbons (Fsp3) is 0.650. The van der Waals surface area contributed by atoms with E-state index in [1.165, 1.54) is 38.5 Å². The van der Waals surface area contributed by atoms with E-state index in [0.29, 0.717) is 18.2 Å². The summed E-state index contributed by atoms with van der Waals surface area (Å²) >= 11 is 0. The molecule has 0 N–H and O–H groups in total. The van der Waals surface area contributed by atoms with Crippen LogP contribution in [0.15, 0.2) is 12.1 Å². The fourth-order valence-corrected chi connectivity index (χ4v) is 3.74. The molecule has 0 aliphatic heterocycles. The van der Waals surface area contributed by atoms with Crippen LogP contribution < -0.4 is 0 Å². The van der Waals surface area contributed by atoms with Crippen molar-refractivity contribution >= 4 is 11.6 Å². The number of aromatic nitrogens is 3. The largest absolute Gasteiger partial charge is 0.461 e. The first-order valence-electron chi connectivity index (χ1n) is 9.65. The van der Waals surface area contributed by atoms with Crippen LogP contribution >= 0.6 is 0 Å². The highest BCUT2D eigenvalue weighted by Crippen LogP contribution is 2.27. The van der Waals surface area contributed by atoms with Crippen molar-refractivity contribution in [2.75, 3.05) is 6.61 Å². The van der Waals surface area contributed by atoms with Gasteiger partial charge in [-0.25, -0.2) is 14.3 Å². The molecule has 2 aromatic rings. The van der Waals surface area contributed by atoms with Crippen molar-refractivity contribution in [1.29, 1.82) is 0 Å². The highest BCUT2D eigenvalue weighted by Gasteiger charge is 2.19. The number of ether oxygens (including phenoxy) is 1. The van der Waals surface area contributed by atoms with Crippen molar-refractivity contribution in [1.82, 2.24) is 14.6 Å². The Balaban J connectivity index is 1.92. The number of rotatable bonds is 5. The van der Waals surface area contributed by atoms with Gasteiger partial charge in [0.25, 0.3) is 0 Å². The van der Waals surface area contributed by atoms with Crippen molar-refractivity contribution in [2.45, 2.75) is 71.6 Å². The zero-order valence-electron chi connectivity index (χ0n) is 15.6. The van der Waals surface area contributed by atoms with Gasteiger partial charge in [-0.05, 0) is 31.2 Å². The Kier molecular flexibility index (Phi) is 5.71. The minimum absolute atomic E-state index is 0.313. The summed E-state index contributed by atoms with van der Waals surface area (Å²) in [7, 11) is 0. The molecular weight excluding hydrogens is 314 g/mol. The molecule has 5 nitrogen and oxygen atoms in total. The Hall–Kier alpha value is -1.91. The van der Waals surface area contributed by atoms with Crippen LogP contribution in [0, 0.1) is 5.92 Å². The maximum absolute atomic E-state index is 12.0. The maximum Gasteiger partial charge on any atom is 0.358 e. The molecule has 25 heavy (non-hydrogen) atoms. The van der Waals surface area contributed by atoms with Crippen LogP contribution in [0.2, 0.25) is 0 Å². The van der Waals surface area contributed by atoms with E-state index in [4.69, 9.17) is 9.72 Å². The van der Waals surface area contributed by atoms with E-state index in [2.05, 4.69) is 25.0 Å². The van der Waals surface area contributed by atoms with E-state index >= 15 is 0 Å². The van der Waals surface area contributed by atoms with E-state index < -0.39 is 0 Å². The molecule has 0 aromatic carbocycles. The molecule has 0 atom stereocenters. The van der Waals surface area contributed by atoms with Gasteiger partial charge in [0, 0.05) is 17.5 Å². The van der Waals surface area contributed by atoms with Gasteiger partial charge < -0.3 is 4.74 Å². The molecule has 0 amide bonds.